The minimum Gasteiger partial charge on any atom is -0.395 e. The van der Waals surface area contributed by atoms with Crippen LogP contribution < -0.4 is 10.6 Å². The number of anilines is 1. The SMILES string of the molecule is C[C@H]1CN(C(=O)c2ccc3c(c2NCCO)C(=O)c2ccccc2C3=O)[C@@H](C)C[NH2+]1. The van der Waals surface area contributed by atoms with E-state index in [-0.39, 0.29) is 53.8 Å². The third kappa shape index (κ3) is 3.30. The summed E-state index contributed by atoms with van der Waals surface area (Å²) in [6.45, 7) is 5.49. The third-order valence-electron chi connectivity index (χ3n) is 5.89. The van der Waals surface area contributed by atoms with Crippen LogP contribution in [-0.2, 0) is 0 Å². The fourth-order valence-corrected chi connectivity index (χ4v) is 4.29. The van der Waals surface area contributed by atoms with Gasteiger partial charge in [0.2, 0.25) is 0 Å². The second kappa shape index (κ2) is 8.01. The average molecular weight is 408 g/mol. The van der Waals surface area contributed by atoms with E-state index in [9.17, 15) is 19.5 Å². The topological polar surface area (TPSA) is 103 Å². The van der Waals surface area contributed by atoms with E-state index in [0.717, 1.165) is 6.54 Å². The van der Waals surface area contributed by atoms with Crippen LogP contribution in [0.2, 0.25) is 0 Å². The van der Waals surface area contributed by atoms with Gasteiger partial charge in [0.1, 0.15) is 6.04 Å². The second-order valence-corrected chi connectivity index (χ2v) is 8.02. The molecular weight excluding hydrogens is 382 g/mol. The molecule has 7 heteroatoms. The van der Waals surface area contributed by atoms with Gasteiger partial charge in [-0.1, -0.05) is 24.3 Å². The molecule has 4 rings (SSSR count). The van der Waals surface area contributed by atoms with Crippen LogP contribution in [0.1, 0.15) is 56.0 Å². The molecule has 2 aliphatic rings. The lowest BCUT2D eigenvalue weighted by Crippen LogP contribution is -2.96. The zero-order chi connectivity index (χ0) is 21.4. The maximum absolute atomic E-state index is 13.5. The highest BCUT2D eigenvalue weighted by molar-refractivity contribution is 6.31. The number of nitrogens with two attached hydrogens (primary N) is 1. The molecule has 156 valence electrons. The Bertz CT molecular complexity index is 1030. The molecular formula is C23H26N3O4+. The summed E-state index contributed by atoms with van der Waals surface area (Å²) < 4.78 is 0. The lowest BCUT2D eigenvalue weighted by atomic mass is 9.82. The second-order valence-electron chi connectivity index (χ2n) is 8.02. The van der Waals surface area contributed by atoms with E-state index in [1.165, 1.54) is 0 Å². The molecule has 2 atom stereocenters. The van der Waals surface area contributed by atoms with E-state index in [2.05, 4.69) is 17.6 Å². The Labute approximate surface area is 175 Å². The fraction of sp³-hybridized carbons (Fsp3) is 0.348. The molecule has 1 aliphatic carbocycles. The number of rotatable bonds is 4. The van der Waals surface area contributed by atoms with Crippen molar-refractivity contribution in [3.05, 3.63) is 64.2 Å². The molecule has 30 heavy (non-hydrogen) atoms. The first kappa shape index (κ1) is 20.3. The minimum atomic E-state index is -0.288. The van der Waals surface area contributed by atoms with E-state index in [1.54, 1.807) is 36.4 Å². The summed E-state index contributed by atoms with van der Waals surface area (Å²) in [6, 6.07) is 10.3. The van der Waals surface area contributed by atoms with E-state index in [4.69, 9.17) is 0 Å². The van der Waals surface area contributed by atoms with E-state index < -0.39 is 0 Å². The molecule has 0 saturated carbocycles. The van der Waals surface area contributed by atoms with Gasteiger partial charge < -0.3 is 20.6 Å². The van der Waals surface area contributed by atoms with Crippen LogP contribution in [0, 0.1) is 0 Å². The van der Waals surface area contributed by atoms with Gasteiger partial charge in [0.05, 0.1) is 42.6 Å². The summed E-state index contributed by atoms with van der Waals surface area (Å²) in [7, 11) is 0. The largest absolute Gasteiger partial charge is 0.395 e. The maximum Gasteiger partial charge on any atom is 0.256 e. The Morgan fingerprint density at radius 1 is 1.10 bits per heavy atom. The number of aliphatic hydroxyl groups is 1. The molecule has 1 amide bonds. The van der Waals surface area contributed by atoms with Gasteiger partial charge in [-0.05, 0) is 26.0 Å². The fourth-order valence-electron chi connectivity index (χ4n) is 4.29. The van der Waals surface area contributed by atoms with Crippen LogP contribution in [-0.4, -0.2) is 65.8 Å². The number of hydrogen-bond donors (Lipinski definition) is 3. The van der Waals surface area contributed by atoms with E-state index in [1.807, 2.05) is 11.8 Å². The molecule has 0 unspecified atom stereocenters. The number of carbonyl (C=O) groups excluding carboxylic acids is 3. The van der Waals surface area contributed by atoms with Crippen LogP contribution in [0.5, 0.6) is 0 Å². The van der Waals surface area contributed by atoms with Crippen molar-refractivity contribution in [3.63, 3.8) is 0 Å². The molecule has 7 nitrogen and oxygen atoms in total. The summed E-state index contributed by atoms with van der Waals surface area (Å²) in [5.74, 6) is -0.700. The van der Waals surface area contributed by atoms with Gasteiger partial charge in [-0.25, -0.2) is 0 Å². The lowest BCUT2D eigenvalue weighted by molar-refractivity contribution is -0.698. The monoisotopic (exact) mass is 408 g/mol. The molecule has 1 saturated heterocycles. The molecule has 0 radical (unpaired) electrons. The number of piperazine rings is 1. The van der Waals surface area contributed by atoms with Crippen molar-refractivity contribution in [2.75, 3.05) is 31.6 Å². The molecule has 0 spiro atoms. The number of nitrogens with one attached hydrogen (secondary N) is 1. The van der Waals surface area contributed by atoms with Gasteiger partial charge in [0.25, 0.3) is 5.91 Å². The highest BCUT2D eigenvalue weighted by atomic mass is 16.3. The summed E-state index contributed by atoms with van der Waals surface area (Å²) in [6.07, 6.45) is 0. The Hall–Kier alpha value is -3.03. The van der Waals surface area contributed by atoms with Crippen LogP contribution in [0.4, 0.5) is 5.69 Å². The summed E-state index contributed by atoms with van der Waals surface area (Å²) in [5.41, 5.74) is 1.88. The summed E-state index contributed by atoms with van der Waals surface area (Å²) in [4.78, 5) is 41.6. The predicted molar refractivity (Wildman–Crippen MR) is 112 cm³/mol. The highest BCUT2D eigenvalue weighted by Gasteiger charge is 2.36. The van der Waals surface area contributed by atoms with Crippen molar-refractivity contribution in [1.29, 1.82) is 0 Å². The van der Waals surface area contributed by atoms with Gasteiger partial charge in [0.15, 0.2) is 11.6 Å². The number of amides is 1. The number of ketones is 2. The number of nitrogens with zero attached hydrogens (tertiary/aromatic N) is 1. The van der Waals surface area contributed by atoms with Crippen molar-refractivity contribution in [2.45, 2.75) is 25.9 Å². The van der Waals surface area contributed by atoms with Gasteiger partial charge in [0, 0.05) is 23.2 Å². The minimum absolute atomic E-state index is 0.0495. The molecule has 0 aromatic heterocycles. The summed E-state index contributed by atoms with van der Waals surface area (Å²) in [5, 5.41) is 14.6. The Morgan fingerprint density at radius 3 is 2.50 bits per heavy atom. The Morgan fingerprint density at radius 2 is 1.80 bits per heavy atom. The number of carbonyl (C=O) groups is 3. The number of benzene rings is 2. The molecule has 2 aromatic carbocycles. The molecule has 1 heterocycles. The molecule has 0 bridgehead atoms. The van der Waals surface area contributed by atoms with Crippen molar-refractivity contribution >= 4 is 23.2 Å². The molecule has 1 aliphatic heterocycles. The van der Waals surface area contributed by atoms with E-state index >= 15 is 0 Å². The van der Waals surface area contributed by atoms with Crippen LogP contribution in [0.25, 0.3) is 0 Å². The molecule has 2 aromatic rings. The predicted octanol–water partition coefficient (Wildman–Crippen LogP) is 0.662. The quantitative estimate of drug-likeness (QED) is 0.589. The molecule has 1 fully saturated rings. The number of aliphatic hydroxyl groups excluding tert-OH is 1. The highest BCUT2D eigenvalue weighted by Crippen LogP contribution is 2.35. The maximum atomic E-state index is 13.5. The number of hydrogen-bond acceptors (Lipinski definition) is 5. The Kier molecular flexibility index (Phi) is 5.40. The average Bonchev–Trinajstić information content (AvgIpc) is 2.76. The van der Waals surface area contributed by atoms with Crippen LogP contribution in [0.15, 0.2) is 36.4 Å². The number of quaternary nitrogens is 1. The van der Waals surface area contributed by atoms with Crippen molar-refractivity contribution < 1.29 is 24.8 Å². The summed E-state index contributed by atoms with van der Waals surface area (Å²) >= 11 is 0. The number of fused-ring (bicyclic) bond motifs is 2. The van der Waals surface area contributed by atoms with Gasteiger partial charge in [-0.15, -0.1) is 0 Å². The van der Waals surface area contributed by atoms with Gasteiger partial charge in [-0.3, -0.25) is 14.4 Å². The zero-order valence-electron chi connectivity index (χ0n) is 17.1. The van der Waals surface area contributed by atoms with E-state index in [0.29, 0.717) is 28.9 Å². The van der Waals surface area contributed by atoms with Crippen LogP contribution >= 0.6 is 0 Å². The van der Waals surface area contributed by atoms with Crippen molar-refractivity contribution in [2.24, 2.45) is 0 Å². The van der Waals surface area contributed by atoms with Gasteiger partial charge in [-0.2, -0.15) is 0 Å². The van der Waals surface area contributed by atoms with Crippen LogP contribution in [0.3, 0.4) is 0 Å². The third-order valence-corrected chi connectivity index (χ3v) is 5.89. The first-order valence-electron chi connectivity index (χ1n) is 10.3. The van der Waals surface area contributed by atoms with Crippen molar-refractivity contribution in [1.82, 2.24) is 4.90 Å². The van der Waals surface area contributed by atoms with Gasteiger partial charge >= 0.3 is 0 Å². The normalized spacial score (nSPS) is 20.6. The van der Waals surface area contributed by atoms with Crippen molar-refractivity contribution in [3.8, 4) is 0 Å². The molecule has 4 N–H and O–H groups in total. The smallest absolute Gasteiger partial charge is 0.256 e. The Balaban J connectivity index is 1.84. The zero-order valence-corrected chi connectivity index (χ0v) is 17.1. The first-order chi connectivity index (χ1) is 14.4. The lowest BCUT2D eigenvalue weighted by Gasteiger charge is -2.35. The first-order valence-corrected chi connectivity index (χ1v) is 10.3. The standard InChI is InChI=1S/C23H25N3O4/c1-13-12-26(14(2)11-25-13)23(30)18-8-7-17-19(20(18)24-9-10-27)22(29)16-6-4-3-5-15(16)21(17)28/h3-8,13-14,24-25,27H,9-12H2,1-2H3/p+1/t13-,14-/m0/s1.